The van der Waals surface area contributed by atoms with Gasteiger partial charge in [0, 0.05) is 48.7 Å². The average Bonchev–Trinajstić information content (AvgIpc) is 3.38. The zero-order valence-corrected chi connectivity index (χ0v) is 19.0. The highest BCUT2D eigenvalue weighted by Crippen LogP contribution is 2.30. The van der Waals surface area contributed by atoms with Gasteiger partial charge in [-0.2, -0.15) is 0 Å². The van der Waals surface area contributed by atoms with E-state index in [0.717, 1.165) is 41.0 Å². The van der Waals surface area contributed by atoms with Crippen molar-refractivity contribution < 1.29 is 13.9 Å². The molecule has 4 heterocycles. The molecule has 0 spiro atoms. The van der Waals surface area contributed by atoms with Crippen LogP contribution in [0, 0.1) is 0 Å². The molecule has 2 fully saturated rings. The Morgan fingerprint density at radius 2 is 1.94 bits per heavy atom. The number of ether oxygens (including phenoxy) is 1. The molecule has 2 saturated heterocycles. The SMILES string of the molecule is CC1(C)CCCN1CCc1cc2cc(-c3ccc(C(=O)N4CCOCC4)cn3)ccc2o1. The normalized spacial score (nSPS) is 19.0. The molecule has 3 aromatic rings. The van der Waals surface area contributed by atoms with Gasteiger partial charge in [0.05, 0.1) is 24.5 Å². The standard InChI is InChI=1S/C26H31N3O3/c1-26(2)9-3-10-29(26)11-8-22-17-21-16-19(5-7-24(21)32-22)23-6-4-20(18-27-23)25(30)28-12-14-31-15-13-28/h4-7,16-18H,3,8-15H2,1-2H3. The highest BCUT2D eigenvalue weighted by molar-refractivity contribution is 5.94. The van der Waals surface area contributed by atoms with Crippen molar-refractivity contribution in [1.82, 2.24) is 14.8 Å². The zero-order chi connectivity index (χ0) is 22.1. The second-order valence-electron chi connectivity index (χ2n) is 9.46. The van der Waals surface area contributed by atoms with Crippen LogP contribution in [0.4, 0.5) is 0 Å². The van der Waals surface area contributed by atoms with E-state index >= 15 is 0 Å². The fourth-order valence-electron chi connectivity index (χ4n) is 4.84. The largest absolute Gasteiger partial charge is 0.461 e. The number of benzene rings is 1. The van der Waals surface area contributed by atoms with E-state index in [-0.39, 0.29) is 5.91 Å². The van der Waals surface area contributed by atoms with E-state index in [1.54, 1.807) is 6.20 Å². The third kappa shape index (κ3) is 4.30. The number of pyridine rings is 1. The Morgan fingerprint density at radius 1 is 1.09 bits per heavy atom. The maximum Gasteiger partial charge on any atom is 0.255 e. The summed E-state index contributed by atoms with van der Waals surface area (Å²) >= 11 is 0. The minimum atomic E-state index is 0.0171. The summed E-state index contributed by atoms with van der Waals surface area (Å²) in [6.45, 7) is 9.33. The van der Waals surface area contributed by atoms with Gasteiger partial charge in [0.25, 0.3) is 5.91 Å². The van der Waals surface area contributed by atoms with Gasteiger partial charge in [-0.25, -0.2) is 0 Å². The minimum absolute atomic E-state index is 0.0171. The predicted octanol–water partition coefficient (Wildman–Crippen LogP) is 4.38. The first-order chi connectivity index (χ1) is 15.5. The van der Waals surface area contributed by atoms with Gasteiger partial charge >= 0.3 is 0 Å². The van der Waals surface area contributed by atoms with E-state index in [9.17, 15) is 4.79 Å². The van der Waals surface area contributed by atoms with Gasteiger partial charge in [0.2, 0.25) is 0 Å². The fraction of sp³-hybridized carbons (Fsp3) is 0.462. The van der Waals surface area contributed by atoms with Crippen molar-refractivity contribution in [3.8, 4) is 11.3 Å². The lowest BCUT2D eigenvalue weighted by Crippen LogP contribution is -2.40. The number of likely N-dealkylation sites (tertiary alicyclic amines) is 1. The number of carbonyl (C=O) groups excluding carboxylic acids is 1. The van der Waals surface area contributed by atoms with Gasteiger partial charge < -0.3 is 14.1 Å². The predicted molar refractivity (Wildman–Crippen MR) is 125 cm³/mol. The van der Waals surface area contributed by atoms with Crippen molar-refractivity contribution in [2.75, 3.05) is 39.4 Å². The number of hydrogen-bond donors (Lipinski definition) is 0. The Balaban J connectivity index is 1.28. The summed E-state index contributed by atoms with van der Waals surface area (Å²) in [4.78, 5) is 21.6. The van der Waals surface area contributed by atoms with Crippen LogP contribution < -0.4 is 0 Å². The number of furan rings is 1. The molecule has 1 amide bonds. The highest BCUT2D eigenvalue weighted by atomic mass is 16.5. The van der Waals surface area contributed by atoms with Gasteiger partial charge in [0.1, 0.15) is 11.3 Å². The molecule has 0 bridgehead atoms. The van der Waals surface area contributed by atoms with E-state index in [1.165, 1.54) is 19.4 Å². The van der Waals surface area contributed by atoms with E-state index in [0.29, 0.717) is 37.4 Å². The van der Waals surface area contributed by atoms with Crippen molar-refractivity contribution in [3.05, 3.63) is 53.9 Å². The van der Waals surface area contributed by atoms with Crippen LogP contribution in [-0.2, 0) is 11.2 Å². The molecular formula is C26H31N3O3. The van der Waals surface area contributed by atoms with Crippen LogP contribution >= 0.6 is 0 Å². The summed E-state index contributed by atoms with van der Waals surface area (Å²) in [5.74, 6) is 1.04. The molecule has 6 nitrogen and oxygen atoms in total. The molecule has 0 saturated carbocycles. The molecule has 0 unspecified atom stereocenters. The van der Waals surface area contributed by atoms with Crippen LogP contribution in [0.1, 0.15) is 42.8 Å². The Morgan fingerprint density at radius 3 is 2.66 bits per heavy atom. The summed E-state index contributed by atoms with van der Waals surface area (Å²) in [5, 5.41) is 1.09. The average molecular weight is 434 g/mol. The maximum atomic E-state index is 12.6. The van der Waals surface area contributed by atoms with Crippen LogP contribution in [0.25, 0.3) is 22.2 Å². The lowest BCUT2D eigenvalue weighted by molar-refractivity contribution is 0.0302. The van der Waals surface area contributed by atoms with E-state index in [2.05, 4.69) is 35.9 Å². The second kappa shape index (κ2) is 8.68. The van der Waals surface area contributed by atoms with Crippen molar-refractivity contribution in [1.29, 1.82) is 0 Å². The molecular weight excluding hydrogens is 402 g/mol. The van der Waals surface area contributed by atoms with Crippen molar-refractivity contribution >= 4 is 16.9 Å². The fourth-order valence-corrected chi connectivity index (χ4v) is 4.84. The molecule has 1 aromatic carbocycles. The van der Waals surface area contributed by atoms with Crippen LogP contribution in [-0.4, -0.2) is 65.6 Å². The van der Waals surface area contributed by atoms with Gasteiger partial charge in [-0.15, -0.1) is 0 Å². The van der Waals surface area contributed by atoms with Gasteiger partial charge in [-0.3, -0.25) is 14.7 Å². The number of hydrogen-bond acceptors (Lipinski definition) is 5. The number of rotatable bonds is 5. The number of fused-ring (bicyclic) bond motifs is 1. The summed E-state index contributed by atoms with van der Waals surface area (Å²) in [5.41, 5.74) is 3.69. The molecule has 2 aliphatic rings. The maximum absolute atomic E-state index is 12.6. The molecule has 5 rings (SSSR count). The molecule has 168 valence electrons. The van der Waals surface area contributed by atoms with Crippen molar-refractivity contribution in [2.24, 2.45) is 0 Å². The first kappa shape index (κ1) is 21.2. The Kier molecular flexibility index (Phi) is 5.74. The number of nitrogens with zero attached hydrogens (tertiary/aromatic N) is 3. The minimum Gasteiger partial charge on any atom is -0.461 e. The Bertz CT molecular complexity index is 1100. The topological polar surface area (TPSA) is 58.8 Å². The number of carbonyl (C=O) groups is 1. The third-order valence-electron chi connectivity index (χ3n) is 6.87. The molecule has 2 aromatic heterocycles. The molecule has 0 N–H and O–H groups in total. The zero-order valence-electron chi connectivity index (χ0n) is 19.0. The van der Waals surface area contributed by atoms with E-state index in [1.807, 2.05) is 29.2 Å². The Labute approximate surface area is 189 Å². The quantitative estimate of drug-likeness (QED) is 0.598. The molecule has 0 atom stereocenters. The first-order valence-corrected chi connectivity index (χ1v) is 11.6. The van der Waals surface area contributed by atoms with Crippen molar-refractivity contribution in [3.63, 3.8) is 0 Å². The van der Waals surface area contributed by atoms with Gasteiger partial charge in [0.15, 0.2) is 0 Å². The van der Waals surface area contributed by atoms with Crippen LogP contribution in [0.2, 0.25) is 0 Å². The third-order valence-corrected chi connectivity index (χ3v) is 6.87. The number of aromatic nitrogens is 1. The molecule has 6 heteroatoms. The van der Waals surface area contributed by atoms with Crippen LogP contribution in [0.5, 0.6) is 0 Å². The molecule has 32 heavy (non-hydrogen) atoms. The number of amides is 1. The summed E-state index contributed by atoms with van der Waals surface area (Å²) in [7, 11) is 0. The summed E-state index contributed by atoms with van der Waals surface area (Å²) in [6, 6.07) is 12.1. The van der Waals surface area contributed by atoms with Gasteiger partial charge in [-0.05, 0) is 69.6 Å². The smallest absolute Gasteiger partial charge is 0.255 e. The lowest BCUT2D eigenvalue weighted by Gasteiger charge is -2.31. The monoisotopic (exact) mass is 433 g/mol. The highest BCUT2D eigenvalue weighted by Gasteiger charge is 2.31. The second-order valence-corrected chi connectivity index (χ2v) is 9.46. The van der Waals surface area contributed by atoms with E-state index in [4.69, 9.17) is 9.15 Å². The van der Waals surface area contributed by atoms with Crippen molar-refractivity contribution in [2.45, 2.75) is 38.6 Å². The van der Waals surface area contributed by atoms with Crippen LogP contribution in [0.15, 0.2) is 47.0 Å². The van der Waals surface area contributed by atoms with Gasteiger partial charge in [-0.1, -0.05) is 0 Å². The lowest BCUT2D eigenvalue weighted by atomic mass is 10.0. The molecule has 0 aliphatic carbocycles. The first-order valence-electron chi connectivity index (χ1n) is 11.6. The molecule has 0 radical (unpaired) electrons. The summed E-state index contributed by atoms with van der Waals surface area (Å²) in [6.07, 6.45) is 5.14. The molecule has 2 aliphatic heterocycles. The number of morpholine rings is 1. The van der Waals surface area contributed by atoms with E-state index < -0.39 is 0 Å². The van der Waals surface area contributed by atoms with Crippen LogP contribution in [0.3, 0.4) is 0 Å². The Hall–Kier alpha value is -2.70. The summed E-state index contributed by atoms with van der Waals surface area (Å²) < 4.78 is 11.4.